The zero-order valence-electron chi connectivity index (χ0n) is 12.7. The van der Waals surface area contributed by atoms with Crippen LogP contribution >= 0.6 is 11.3 Å². The summed E-state index contributed by atoms with van der Waals surface area (Å²) in [6.45, 7) is 0. The molecule has 0 fully saturated rings. The van der Waals surface area contributed by atoms with Gasteiger partial charge in [0.05, 0.1) is 16.8 Å². The summed E-state index contributed by atoms with van der Waals surface area (Å²) in [5, 5.41) is 12.9. The number of imide groups is 1. The van der Waals surface area contributed by atoms with E-state index >= 15 is 0 Å². The Morgan fingerprint density at radius 1 is 0.840 bits per heavy atom. The lowest BCUT2D eigenvalue weighted by Gasteiger charge is -2.16. The second-order valence-corrected chi connectivity index (χ2v) is 6.43. The Balaban J connectivity index is 1.68. The Hall–Kier alpha value is -3.39. The van der Waals surface area contributed by atoms with E-state index in [4.69, 9.17) is 0 Å². The lowest BCUT2D eigenvalue weighted by Crippen LogP contribution is -2.29. The molecule has 5 rings (SSSR count). The van der Waals surface area contributed by atoms with Crippen LogP contribution in [0.15, 0.2) is 54.9 Å². The summed E-state index contributed by atoms with van der Waals surface area (Å²) in [5.41, 5.74) is 2.05. The Morgan fingerprint density at radius 2 is 1.48 bits per heavy atom. The first-order valence-electron chi connectivity index (χ1n) is 7.48. The van der Waals surface area contributed by atoms with E-state index < -0.39 is 0 Å². The molecule has 1 aliphatic rings. The SMILES string of the molecule is O=C1c2ccccc2C(=O)N1c1ccccc1-c1nn2cnnc2s1. The van der Waals surface area contributed by atoms with Crippen LogP contribution in [0.1, 0.15) is 20.7 Å². The van der Waals surface area contributed by atoms with Gasteiger partial charge in [0.15, 0.2) is 0 Å². The molecule has 2 aromatic carbocycles. The van der Waals surface area contributed by atoms with E-state index in [9.17, 15) is 9.59 Å². The number of hydrogen-bond donors (Lipinski definition) is 0. The Morgan fingerprint density at radius 3 is 2.16 bits per heavy atom. The van der Waals surface area contributed by atoms with Gasteiger partial charge in [-0.25, -0.2) is 4.90 Å². The maximum absolute atomic E-state index is 12.8. The molecule has 0 unspecified atom stereocenters. The van der Waals surface area contributed by atoms with Gasteiger partial charge in [-0.3, -0.25) is 9.59 Å². The second-order valence-electron chi connectivity index (χ2n) is 5.47. The topological polar surface area (TPSA) is 80.5 Å². The van der Waals surface area contributed by atoms with Crippen molar-refractivity contribution < 1.29 is 9.59 Å². The maximum Gasteiger partial charge on any atom is 0.266 e. The fourth-order valence-corrected chi connectivity index (χ4v) is 3.78. The van der Waals surface area contributed by atoms with Crippen molar-refractivity contribution in [3.63, 3.8) is 0 Å². The number of nitrogens with zero attached hydrogens (tertiary/aromatic N) is 5. The monoisotopic (exact) mass is 347 g/mol. The van der Waals surface area contributed by atoms with Crippen molar-refractivity contribution in [1.29, 1.82) is 0 Å². The highest BCUT2D eigenvalue weighted by atomic mass is 32.1. The molecular formula is C17H9N5O2S. The third kappa shape index (κ3) is 1.94. The van der Waals surface area contributed by atoms with Crippen molar-refractivity contribution in [3.05, 3.63) is 66.0 Å². The van der Waals surface area contributed by atoms with Gasteiger partial charge in [-0.05, 0) is 24.3 Å². The number of benzene rings is 2. The van der Waals surface area contributed by atoms with Crippen molar-refractivity contribution >= 4 is 33.8 Å². The van der Waals surface area contributed by atoms with E-state index in [0.717, 1.165) is 0 Å². The standard InChI is InChI=1S/C17H9N5O2S/c23-15-10-5-1-2-6-11(10)16(24)22(15)13-8-4-3-7-12(13)14-20-21-9-18-19-17(21)25-14/h1-9H. The van der Waals surface area contributed by atoms with Gasteiger partial charge in [0.2, 0.25) is 4.96 Å². The molecule has 1 aliphatic heterocycles. The van der Waals surface area contributed by atoms with Gasteiger partial charge in [0.1, 0.15) is 11.3 Å². The van der Waals surface area contributed by atoms with Gasteiger partial charge in [-0.1, -0.05) is 35.6 Å². The molecule has 2 amide bonds. The number of carbonyl (C=O) groups is 2. The molecule has 25 heavy (non-hydrogen) atoms. The number of carbonyl (C=O) groups excluding carboxylic acids is 2. The van der Waals surface area contributed by atoms with Crippen LogP contribution in [0.25, 0.3) is 15.5 Å². The van der Waals surface area contributed by atoms with Crippen molar-refractivity contribution in [3.8, 4) is 10.6 Å². The van der Waals surface area contributed by atoms with Crippen LogP contribution < -0.4 is 4.90 Å². The molecule has 0 bridgehead atoms. The van der Waals surface area contributed by atoms with E-state index in [-0.39, 0.29) is 11.8 Å². The molecule has 0 atom stereocenters. The van der Waals surface area contributed by atoms with E-state index in [2.05, 4.69) is 15.3 Å². The normalized spacial score (nSPS) is 13.7. The van der Waals surface area contributed by atoms with Gasteiger partial charge in [0.25, 0.3) is 11.8 Å². The first kappa shape index (κ1) is 14.0. The maximum atomic E-state index is 12.8. The molecule has 3 heterocycles. The van der Waals surface area contributed by atoms with Gasteiger partial charge >= 0.3 is 0 Å². The molecule has 8 heteroatoms. The van der Waals surface area contributed by atoms with Crippen molar-refractivity contribution in [1.82, 2.24) is 19.8 Å². The minimum absolute atomic E-state index is 0.323. The van der Waals surface area contributed by atoms with Crippen molar-refractivity contribution in [2.75, 3.05) is 4.90 Å². The smallest absolute Gasteiger partial charge is 0.266 e. The number of rotatable bonds is 2. The zero-order chi connectivity index (χ0) is 17.0. The Bertz CT molecular complexity index is 1100. The lowest BCUT2D eigenvalue weighted by atomic mass is 10.1. The number of anilines is 1. The van der Waals surface area contributed by atoms with Crippen LogP contribution in [0, 0.1) is 0 Å². The van der Waals surface area contributed by atoms with Crippen LogP contribution in [-0.2, 0) is 0 Å². The molecule has 4 aromatic rings. The summed E-state index contributed by atoms with van der Waals surface area (Å²) < 4.78 is 1.57. The van der Waals surface area contributed by atoms with Crippen molar-refractivity contribution in [2.45, 2.75) is 0 Å². The number of aromatic nitrogens is 4. The molecule has 0 N–H and O–H groups in total. The molecule has 120 valence electrons. The quantitative estimate of drug-likeness (QED) is 0.521. The van der Waals surface area contributed by atoms with Crippen LogP contribution in [0.5, 0.6) is 0 Å². The summed E-state index contributed by atoms with van der Waals surface area (Å²) in [6.07, 6.45) is 1.51. The molecular weight excluding hydrogens is 338 g/mol. The lowest BCUT2D eigenvalue weighted by molar-refractivity contribution is 0.0926. The highest BCUT2D eigenvalue weighted by Gasteiger charge is 2.37. The van der Waals surface area contributed by atoms with Crippen LogP contribution in [0.3, 0.4) is 0 Å². The third-order valence-corrected chi connectivity index (χ3v) is 5.00. The molecule has 0 aliphatic carbocycles. The number of hydrogen-bond acceptors (Lipinski definition) is 6. The van der Waals surface area contributed by atoms with Gasteiger partial charge in [0, 0.05) is 5.56 Å². The largest absolute Gasteiger partial charge is 0.268 e. The number of para-hydroxylation sites is 1. The highest BCUT2D eigenvalue weighted by molar-refractivity contribution is 7.19. The number of amides is 2. The molecule has 7 nitrogen and oxygen atoms in total. The summed E-state index contributed by atoms with van der Waals surface area (Å²) in [5.74, 6) is -0.646. The fourth-order valence-electron chi connectivity index (χ4n) is 2.93. The summed E-state index contributed by atoms with van der Waals surface area (Å²) >= 11 is 1.35. The molecule has 2 aromatic heterocycles. The zero-order valence-corrected chi connectivity index (χ0v) is 13.5. The van der Waals surface area contributed by atoms with Crippen LogP contribution in [0.4, 0.5) is 5.69 Å². The first-order valence-corrected chi connectivity index (χ1v) is 8.30. The summed E-state index contributed by atoms with van der Waals surface area (Å²) in [6, 6.07) is 14.1. The molecule has 0 saturated carbocycles. The fraction of sp³-hybridized carbons (Fsp3) is 0. The summed E-state index contributed by atoms with van der Waals surface area (Å²) in [7, 11) is 0. The van der Waals surface area contributed by atoms with E-state index in [1.54, 1.807) is 40.9 Å². The van der Waals surface area contributed by atoms with Crippen LogP contribution in [-0.4, -0.2) is 31.6 Å². The highest BCUT2D eigenvalue weighted by Crippen LogP contribution is 2.37. The molecule has 0 radical (unpaired) electrons. The van der Waals surface area contributed by atoms with Crippen molar-refractivity contribution in [2.24, 2.45) is 0 Å². The van der Waals surface area contributed by atoms with Gasteiger partial charge in [-0.2, -0.15) is 9.61 Å². The van der Waals surface area contributed by atoms with Gasteiger partial charge < -0.3 is 0 Å². The minimum atomic E-state index is -0.323. The number of fused-ring (bicyclic) bond motifs is 2. The molecule has 0 saturated heterocycles. The third-order valence-electron chi connectivity index (χ3n) is 4.06. The molecule has 0 spiro atoms. The Labute approximate surface area is 145 Å². The van der Waals surface area contributed by atoms with E-state index in [1.807, 2.05) is 12.1 Å². The average molecular weight is 347 g/mol. The average Bonchev–Trinajstić information content (AvgIpc) is 3.29. The first-order chi connectivity index (χ1) is 12.2. The van der Waals surface area contributed by atoms with E-state index in [0.29, 0.717) is 32.3 Å². The minimum Gasteiger partial charge on any atom is -0.268 e. The Kier molecular flexibility index (Phi) is 2.83. The van der Waals surface area contributed by atoms with E-state index in [1.165, 1.54) is 22.6 Å². The predicted octanol–water partition coefficient (Wildman–Crippen LogP) is 2.65. The predicted molar refractivity (Wildman–Crippen MR) is 91.7 cm³/mol. The second kappa shape index (κ2) is 5.05. The van der Waals surface area contributed by atoms with Crippen LogP contribution in [0.2, 0.25) is 0 Å². The summed E-state index contributed by atoms with van der Waals surface area (Å²) in [4.78, 5) is 27.4. The van der Waals surface area contributed by atoms with Gasteiger partial charge in [-0.15, -0.1) is 10.2 Å².